The smallest absolute Gasteiger partial charge is 0.241 e. The minimum Gasteiger partial charge on any atom is -0.324 e. The summed E-state index contributed by atoms with van der Waals surface area (Å²) in [4.78, 5) is 14.3. The Balaban J connectivity index is 0.00000162. The zero-order valence-electron chi connectivity index (χ0n) is 11.0. The van der Waals surface area contributed by atoms with E-state index in [9.17, 15) is 4.79 Å². The molecule has 1 atom stereocenters. The number of nitrogens with one attached hydrogen (secondary N) is 1. The summed E-state index contributed by atoms with van der Waals surface area (Å²) in [5.41, 5.74) is 2.03. The Hall–Kier alpha value is -1.06. The number of anilines is 1. The van der Waals surface area contributed by atoms with Crippen LogP contribution in [0.15, 0.2) is 24.3 Å². The van der Waals surface area contributed by atoms with Crippen LogP contribution in [0.4, 0.5) is 5.69 Å². The first-order valence-electron chi connectivity index (χ1n) is 6.29. The van der Waals surface area contributed by atoms with E-state index in [0.29, 0.717) is 0 Å². The van der Waals surface area contributed by atoms with E-state index < -0.39 is 0 Å². The molecule has 1 saturated heterocycles. The van der Waals surface area contributed by atoms with Crippen LogP contribution in [-0.4, -0.2) is 29.9 Å². The number of para-hydroxylation sites is 1. The lowest BCUT2D eigenvalue weighted by Gasteiger charge is -2.23. The SMILES string of the molecule is Cc1ccccc1NC(=O)[C@@H](C)N1CCCC1.Cl. The first-order valence-corrected chi connectivity index (χ1v) is 6.29. The van der Waals surface area contributed by atoms with Crippen molar-refractivity contribution in [2.45, 2.75) is 32.7 Å². The maximum Gasteiger partial charge on any atom is 0.241 e. The molecule has 1 aromatic carbocycles. The molecule has 1 heterocycles. The Labute approximate surface area is 115 Å². The predicted molar refractivity (Wildman–Crippen MR) is 77.3 cm³/mol. The van der Waals surface area contributed by atoms with Gasteiger partial charge in [0.2, 0.25) is 5.91 Å². The lowest BCUT2D eigenvalue weighted by Crippen LogP contribution is -2.40. The largest absolute Gasteiger partial charge is 0.324 e. The van der Waals surface area contributed by atoms with Gasteiger partial charge >= 0.3 is 0 Å². The molecule has 2 rings (SSSR count). The van der Waals surface area contributed by atoms with Gasteiger partial charge in [0, 0.05) is 5.69 Å². The minimum atomic E-state index is -0.0305. The summed E-state index contributed by atoms with van der Waals surface area (Å²) in [6.45, 7) is 6.08. The van der Waals surface area contributed by atoms with Crippen LogP contribution in [-0.2, 0) is 4.79 Å². The van der Waals surface area contributed by atoms with E-state index in [1.165, 1.54) is 12.8 Å². The summed E-state index contributed by atoms with van der Waals surface area (Å²) in [6.07, 6.45) is 2.42. The molecule has 0 bridgehead atoms. The molecule has 18 heavy (non-hydrogen) atoms. The van der Waals surface area contributed by atoms with Gasteiger partial charge in [-0.25, -0.2) is 0 Å². The normalized spacial score (nSPS) is 17.0. The molecule has 100 valence electrons. The van der Waals surface area contributed by atoms with Gasteiger partial charge in [-0.15, -0.1) is 12.4 Å². The molecule has 0 saturated carbocycles. The number of rotatable bonds is 3. The third-order valence-corrected chi connectivity index (χ3v) is 3.47. The van der Waals surface area contributed by atoms with Crippen LogP contribution < -0.4 is 5.32 Å². The summed E-state index contributed by atoms with van der Waals surface area (Å²) < 4.78 is 0. The molecule has 0 spiro atoms. The third kappa shape index (κ3) is 3.47. The Morgan fingerprint density at radius 3 is 2.50 bits per heavy atom. The van der Waals surface area contributed by atoms with E-state index in [2.05, 4.69) is 10.2 Å². The molecule has 1 amide bonds. The molecule has 1 aliphatic rings. The molecule has 0 radical (unpaired) electrons. The van der Waals surface area contributed by atoms with E-state index >= 15 is 0 Å². The van der Waals surface area contributed by atoms with Crippen molar-refractivity contribution in [2.24, 2.45) is 0 Å². The molecule has 1 aliphatic heterocycles. The number of carbonyl (C=O) groups excluding carboxylic acids is 1. The van der Waals surface area contributed by atoms with Crippen molar-refractivity contribution in [3.05, 3.63) is 29.8 Å². The number of aryl methyl sites for hydroxylation is 1. The lowest BCUT2D eigenvalue weighted by atomic mass is 10.2. The van der Waals surface area contributed by atoms with Crippen LogP contribution in [0.5, 0.6) is 0 Å². The summed E-state index contributed by atoms with van der Waals surface area (Å²) in [5, 5.41) is 3.01. The van der Waals surface area contributed by atoms with Crippen LogP contribution in [0, 0.1) is 6.92 Å². The van der Waals surface area contributed by atoms with Crippen molar-refractivity contribution in [2.75, 3.05) is 18.4 Å². The molecule has 1 aromatic rings. The first kappa shape index (κ1) is 15.0. The Morgan fingerprint density at radius 1 is 1.28 bits per heavy atom. The van der Waals surface area contributed by atoms with Gasteiger partial charge in [0.05, 0.1) is 6.04 Å². The lowest BCUT2D eigenvalue weighted by molar-refractivity contribution is -0.120. The number of halogens is 1. The Morgan fingerprint density at radius 2 is 1.89 bits per heavy atom. The quantitative estimate of drug-likeness (QED) is 0.914. The van der Waals surface area contributed by atoms with E-state index in [4.69, 9.17) is 0 Å². The number of hydrogen-bond donors (Lipinski definition) is 1. The number of likely N-dealkylation sites (tertiary alicyclic amines) is 1. The maximum absolute atomic E-state index is 12.1. The summed E-state index contributed by atoms with van der Waals surface area (Å²) in [6, 6.07) is 7.86. The van der Waals surface area contributed by atoms with E-state index in [1.54, 1.807) is 0 Å². The monoisotopic (exact) mass is 268 g/mol. The summed E-state index contributed by atoms with van der Waals surface area (Å²) >= 11 is 0. The number of nitrogens with zero attached hydrogens (tertiary/aromatic N) is 1. The van der Waals surface area contributed by atoms with Gasteiger partial charge in [0.25, 0.3) is 0 Å². The maximum atomic E-state index is 12.1. The van der Waals surface area contributed by atoms with Crippen LogP contribution >= 0.6 is 12.4 Å². The van der Waals surface area contributed by atoms with Gasteiger partial charge in [-0.3, -0.25) is 9.69 Å². The van der Waals surface area contributed by atoms with Gasteiger partial charge < -0.3 is 5.32 Å². The molecular formula is C14H21ClN2O. The van der Waals surface area contributed by atoms with Crippen molar-refractivity contribution >= 4 is 24.0 Å². The second-order valence-corrected chi connectivity index (χ2v) is 4.72. The molecule has 0 unspecified atom stereocenters. The van der Waals surface area contributed by atoms with Gasteiger partial charge in [-0.05, 0) is 51.4 Å². The van der Waals surface area contributed by atoms with E-state index in [-0.39, 0.29) is 24.4 Å². The van der Waals surface area contributed by atoms with Crippen LogP contribution in [0.2, 0.25) is 0 Å². The second-order valence-electron chi connectivity index (χ2n) is 4.72. The second kappa shape index (κ2) is 6.76. The number of amides is 1. The summed E-state index contributed by atoms with van der Waals surface area (Å²) in [5.74, 6) is 0.0983. The average molecular weight is 269 g/mol. The fraction of sp³-hybridized carbons (Fsp3) is 0.500. The van der Waals surface area contributed by atoms with Crippen LogP contribution in [0.1, 0.15) is 25.3 Å². The average Bonchev–Trinajstić information content (AvgIpc) is 2.84. The fourth-order valence-corrected chi connectivity index (χ4v) is 2.25. The standard InChI is InChI=1S/C14H20N2O.ClH/c1-11-7-3-4-8-13(11)15-14(17)12(2)16-9-5-6-10-16;/h3-4,7-8,12H,5-6,9-10H2,1-2H3,(H,15,17);1H/t12-;/m1./s1. The topological polar surface area (TPSA) is 32.3 Å². The molecule has 1 N–H and O–H groups in total. The highest BCUT2D eigenvalue weighted by Gasteiger charge is 2.23. The molecule has 3 nitrogen and oxygen atoms in total. The molecule has 0 aromatic heterocycles. The van der Waals surface area contributed by atoms with Crippen LogP contribution in [0.3, 0.4) is 0 Å². The fourth-order valence-electron chi connectivity index (χ4n) is 2.25. The van der Waals surface area contributed by atoms with E-state index in [0.717, 1.165) is 24.3 Å². The van der Waals surface area contributed by atoms with Crippen molar-refractivity contribution in [1.82, 2.24) is 4.90 Å². The van der Waals surface area contributed by atoms with Crippen molar-refractivity contribution < 1.29 is 4.79 Å². The van der Waals surface area contributed by atoms with Crippen LogP contribution in [0.25, 0.3) is 0 Å². The minimum absolute atomic E-state index is 0. The molecule has 1 fully saturated rings. The molecule has 0 aliphatic carbocycles. The number of carbonyl (C=O) groups is 1. The van der Waals surface area contributed by atoms with Gasteiger partial charge in [0.15, 0.2) is 0 Å². The Kier molecular flexibility index (Phi) is 5.63. The van der Waals surface area contributed by atoms with Gasteiger partial charge in [0.1, 0.15) is 0 Å². The molecule has 4 heteroatoms. The van der Waals surface area contributed by atoms with Gasteiger partial charge in [-0.2, -0.15) is 0 Å². The predicted octanol–water partition coefficient (Wildman–Crippen LogP) is 2.84. The summed E-state index contributed by atoms with van der Waals surface area (Å²) in [7, 11) is 0. The van der Waals surface area contributed by atoms with E-state index in [1.807, 2.05) is 38.1 Å². The highest BCUT2D eigenvalue weighted by Crippen LogP contribution is 2.16. The first-order chi connectivity index (χ1) is 8.18. The van der Waals surface area contributed by atoms with Crippen molar-refractivity contribution in [3.8, 4) is 0 Å². The Bertz CT molecular complexity index is 403. The van der Waals surface area contributed by atoms with Gasteiger partial charge in [-0.1, -0.05) is 18.2 Å². The highest BCUT2D eigenvalue weighted by atomic mass is 35.5. The third-order valence-electron chi connectivity index (χ3n) is 3.47. The number of benzene rings is 1. The zero-order valence-corrected chi connectivity index (χ0v) is 11.8. The van der Waals surface area contributed by atoms with Crippen molar-refractivity contribution in [1.29, 1.82) is 0 Å². The number of hydrogen-bond acceptors (Lipinski definition) is 2. The molecular weight excluding hydrogens is 248 g/mol. The highest BCUT2D eigenvalue weighted by molar-refractivity contribution is 5.95. The zero-order chi connectivity index (χ0) is 12.3. The van der Waals surface area contributed by atoms with Crippen molar-refractivity contribution in [3.63, 3.8) is 0 Å².